The number of urea groups is 1. The van der Waals surface area contributed by atoms with Crippen LogP contribution in [0.2, 0.25) is 0 Å². The van der Waals surface area contributed by atoms with Gasteiger partial charge in [-0.2, -0.15) is 5.10 Å². The molecule has 1 rings (SSSR count). The third-order valence-electron chi connectivity index (χ3n) is 2.11. The Bertz CT molecular complexity index is 460. The average Bonchev–Trinajstić information content (AvgIpc) is 2.37. The molecule has 0 aliphatic rings. The van der Waals surface area contributed by atoms with Crippen LogP contribution in [0.4, 0.5) is 4.79 Å². The monoisotopic (exact) mass is 253 g/mol. The fourth-order valence-corrected chi connectivity index (χ4v) is 1.32. The lowest BCUT2D eigenvalue weighted by molar-refractivity contribution is 0.249. The van der Waals surface area contributed by atoms with E-state index in [4.69, 9.17) is 19.9 Å². The Kier molecular flexibility index (Phi) is 4.79. The first kappa shape index (κ1) is 13.6. The first-order chi connectivity index (χ1) is 8.62. The number of carbonyl (C=O) groups is 1. The molecule has 0 aliphatic carbocycles. The predicted molar refractivity (Wildman–Crippen MR) is 66.4 cm³/mol. The Labute approximate surface area is 105 Å². The summed E-state index contributed by atoms with van der Waals surface area (Å²) in [5.41, 5.74) is 7.60. The Morgan fingerprint density at radius 2 is 1.72 bits per heavy atom. The SMILES string of the molecule is COc1cc(OC)c(OC)cc1C=NNC(N)=O. The van der Waals surface area contributed by atoms with Gasteiger partial charge in [-0.05, 0) is 6.07 Å². The van der Waals surface area contributed by atoms with E-state index in [-0.39, 0.29) is 0 Å². The predicted octanol–water partition coefficient (Wildman–Crippen LogP) is 0.715. The molecule has 0 fully saturated rings. The van der Waals surface area contributed by atoms with Crippen molar-refractivity contribution in [1.29, 1.82) is 0 Å². The fourth-order valence-electron chi connectivity index (χ4n) is 1.32. The molecular formula is C11H15N3O4. The van der Waals surface area contributed by atoms with E-state index < -0.39 is 6.03 Å². The number of nitrogens with one attached hydrogen (secondary N) is 1. The smallest absolute Gasteiger partial charge is 0.332 e. The molecule has 0 saturated carbocycles. The van der Waals surface area contributed by atoms with Gasteiger partial charge in [0, 0.05) is 11.6 Å². The van der Waals surface area contributed by atoms with Gasteiger partial charge in [0.2, 0.25) is 0 Å². The zero-order valence-corrected chi connectivity index (χ0v) is 10.4. The first-order valence-corrected chi connectivity index (χ1v) is 5.01. The second kappa shape index (κ2) is 6.33. The van der Waals surface area contributed by atoms with Crippen molar-refractivity contribution in [3.05, 3.63) is 17.7 Å². The largest absolute Gasteiger partial charge is 0.496 e. The highest BCUT2D eigenvalue weighted by atomic mass is 16.5. The number of carbonyl (C=O) groups excluding carboxylic acids is 1. The van der Waals surface area contributed by atoms with E-state index in [1.165, 1.54) is 27.5 Å². The van der Waals surface area contributed by atoms with E-state index in [0.717, 1.165) is 0 Å². The highest BCUT2D eigenvalue weighted by molar-refractivity contribution is 5.86. The van der Waals surface area contributed by atoms with E-state index in [1.807, 2.05) is 0 Å². The van der Waals surface area contributed by atoms with Crippen molar-refractivity contribution in [1.82, 2.24) is 5.43 Å². The quantitative estimate of drug-likeness (QED) is 0.597. The molecule has 2 amide bonds. The number of methoxy groups -OCH3 is 3. The summed E-state index contributed by atoms with van der Waals surface area (Å²) in [5, 5.41) is 3.65. The topological polar surface area (TPSA) is 95.2 Å². The summed E-state index contributed by atoms with van der Waals surface area (Å²) in [5.74, 6) is 1.59. The van der Waals surface area contributed by atoms with Crippen LogP contribution in [0.3, 0.4) is 0 Å². The molecule has 0 aliphatic heterocycles. The van der Waals surface area contributed by atoms with Crippen LogP contribution < -0.4 is 25.4 Å². The van der Waals surface area contributed by atoms with Gasteiger partial charge < -0.3 is 19.9 Å². The molecule has 18 heavy (non-hydrogen) atoms. The van der Waals surface area contributed by atoms with Crippen LogP contribution in [0.1, 0.15) is 5.56 Å². The van der Waals surface area contributed by atoms with E-state index in [2.05, 4.69) is 10.5 Å². The Morgan fingerprint density at radius 3 is 2.22 bits per heavy atom. The Morgan fingerprint density at radius 1 is 1.17 bits per heavy atom. The van der Waals surface area contributed by atoms with Gasteiger partial charge in [-0.1, -0.05) is 0 Å². The summed E-state index contributed by atoms with van der Waals surface area (Å²) in [4.78, 5) is 10.5. The molecule has 0 unspecified atom stereocenters. The second-order valence-electron chi connectivity index (χ2n) is 3.18. The summed E-state index contributed by atoms with van der Waals surface area (Å²) in [6.07, 6.45) is 1.39. The summed E-state index contributed by atoms with van der Waals surface area (Å²) in [6.45, 7) is 0. The third-order valence-corrected chi connectivity index (χ3v) is 2.11. The highest BCUT2D eigenvalue weighted by Crippen LogP contribution is 2.33. The van der Waals surface area contributed by atoms with Gasteiger partial charge in [0.15, 0.2) is 11.5 Å². The normalized spacial score (nSPS) is 10.2. The van der Waals surface area contributed by atoms with Gasteiger partial charge in [-0.3, -0.25) is 0 Å². The average molecular weight is 253 g/mol. The van der Waals surface area contributed by atoms with Crippen molar-refractivity contribution in [2.45, 2.75) is 0 Å². The molecule has 0 bridgehead atoms. The standard InChI is InChI=1S/C11H15N3O4/c1-16-8-5-10(18-3)9(17-2)4-7(8)6-13-14-11(12)15/h4-6H,1-3H3,(H3,12,14,15). The van der Waals surface area contributed by atoms with Gasteiger partial charge in [-0.25, -0.2) is 10.2 Å². The molecule has 0 heterocycles. The van der Waals surface area contributed by atoms with Crippen LogP contribution in [0.25, 0.3) is 0 Å². The van der Waals surface area contributed by atoms with Crippen LogP contribution in [0.5, 0.6) is 17.2 Å². The van der Waals surface area contributed by atoms with Crippen LogP contribution in [0, 0.1) is 0 Å². The van der Waals surface area contributed by atoms with Crippen molar-refractivity contribution < 1.29 is 19.0 Å². The summed E-state index contributed by atoms with van der Waals surface area (Å²) in [6, 6.07) is 2.58. The lowest BCUT2D eigenvalue weighted by atomic mass is 10.2. The highest BCUT2D eigenvalue weighted by Gasteiger charge is 2.10. The van der Waals surface area contributed by atoms with E-state index in [9.17, 15) is 4.79 Å². The molecule has 0 atom stereocenters. The third kappa shape index (κ3) is 3.27. The molecule has 0 saturated heterocycles. The zero-order valence-electron chi connectivity index (χ0n) is 10.4. The summed E-state index contributed by atoms with van der Waals surface area (Å²) in [7, 11) is 4.56. The maximum Gasteiger partial charge on any atom is 0.332 e. The molecule has 1 aromatic rings. The van der Waals surface area contributed by atoms with Crippen molar-refractivity contribution in [2.24, 2.45) is 10.8 Å². The number of hydrogen-bond donors (Lipinski definition) is 2. The first-order valence-electron chi connectivity index (χ1n) is 5.01. The summed E-state index contributed by atoms with van der Waals surface area (Å²) >= 11 is 0. The number of hydrazone groups is 1. The minimum absolute atomic E-state index is 0.527. The number of nitrogens with zero attached hydrogens (tertiary/aromatic N) is 1. The van der Waals surface area contributed by atoms with Crippen molar-refractivity contribution in [3.63, 3.8) is 0 Å². The molecule has 0 aromatic heterocycles. The van der Waals surface area contributed by atoms with Crippen LogP contribution in [-0.4, -0.2) is 33.6 Å². The van der Waals surface area contributed by atoms with Crippen molar-refractivity contribution in [3.8, 4) is 17.2 Å². The van der Waals surface area contributed by atoms with Gasteiger partial charge in [0.1, 0.15) is 5.75 Å². The minimum Gasteiger partial charge on any atom is -0.496 e. The number of ether oxygens (including phenoxy) is 3. The van der Waals surface area contributed by atoms with Gasteiger partial charge in [0.05, 0.1) is 27.5 Å². The van der Waals surface area contributed by atoms with Crippen molar-refractivity contribution in [2.75, 3.05) is 21.3 Å². The molecular weight excluding hydrogens is 238 g/mol. The molecule has 98 valence electrons. The number of amides is 2. The van der Waals surface area contributed by atoms with Crippen LogP contribution in [0.15, 0.2) is 17.2 Å². The number of benzene rings is 1. The summed E-state index contributed by atoms with van der Waals surface area (Å²) < 4.78 is 15.5. The van der Waals surface area contributed by atoms with Crippen LogP contribution >= 0.6 is 0 Å². The molecule has 0 spiro atoms. The lowest BCUT2D eigenvalue weighted by Gasteiger charge is -2.11. The number of hydrogen-bond acceptors (Lipinski definition) is 5. The van der Waals surface area contributed by atoms with E-state index >= 15 is 0 Å². The molecule has 7 nitrogen and oxygen atoms in total. The Balaban J connectivity index is 3.09. The zero-order chi connectivity index (χ0) is 13.5. The van der Waals surface area contributed by atoms with E-state index in [1.54, 1.807) is 12.1 Å². The molecule has 3 N–H and O–H groups in total. The number of rotatable bonds is 5. The molecule has 1 aromatic carbocycles. The van der Waals surface area contributed by atoms with Crippen LogP contribution in [-0.2, 0) is 0 Å². The Hall–Kier alpha value is -2.44. The number of nitrogens with two attached hydrogens (primary N) is 1. The number of primary amides is 1. The second-order valence-corrected chi connectivity index (χ2v) is 3.18. The van der Waals surface area contributed by atoms with Crippen molar-refractivity contribution >= 4 is 12.2 Å². The lowest BCUT2D eigenvalue weighted by Crippen LogP contribution is -2.24. The van der Waals surface area contributed by atoms with E-state index in [0.29, 0.717) is 22.8 Å². The van der Waals surface area contributed by atoms with Gasteiger partial charge in [0.25, 0.3) is 0 Å². The van der Waals surface area contributed by atoms with Gasteiger partial charge >= 0.3 is 6.03 Å². The maximum atomic E-state index is 10.5. The van der Waals surface area contributed by atoms with Gasteiger partial charge in [-0.15, -0.1) is 0 Å². The fraction of sp³-hybridized carbons (Fsp3) is 0.273. The minimum atomic E-state index is -0.745. The maximum absolute atomic E-state index is 10.5. The molecule has 0 radical (unpaired) electrons. The molecule has 7 heteroatoms.